The molecular formula is C16H22N4O2. The fourth-order valence-electron chi connectivity index (χ4n) is 2.69. The summed E-state index contributed by atoms with van der Waals surface area (Å²) in [4.78, 5) is 20.6. The van der Waals surface area contributed by atoms with E-state index < -0.39 is 0 Å². The van der Waals surface area contributed by atoms with Gasteiger partial charge in [-0.1, -0.05) is 13.0 Å². The van der Waals surface area contributed by atoms with E-state index in [-0.39, 0.29) is 11.9 Å². The summed E-state index contributed by atoms with van der Waals surface area (Å²) in [7, 11) is 0. The highest BCUT2D eigenvalue weighted by Gasteiger charge is 2.26. The molecule has 1 amide bonds. The number of anilines is 1. The van der Waals surface area contributed by atoms with Crippen LogP contribution in [0.2, 0.25) is 0 Å². The van der Waals surface area contributed by atoms with Crippen molar-refractivity contribution >= 4 is 23.0 Å². The van der Waals surface area contributed by atoms with Crippen LogP contribution in [-0.4, -0.2) is 48.0 Å². The summed E-state index contributed by atoms with van der Waals surface area (Å²) in [5.41, 5.74) is 8.66. The molecule has 0 spiro atoms. The summed E-state index contributed by atoms with van der Waals surface area (Å²) >= 11 is 0. The summed E-state index contributed by atoms with van der Waals surface area (Å²) in [6.45, 7) is 6.71. The highest BCUT2D eigenvalue weighted by Crippen LogP contribution is 2.23. The lowest BCUT2D eigenvalue weighted by molar-refractivity contribution is -0.132. The lowest BCUT2D eigenvalue weighted by atomic mass is 10.2. The normalized spacial score (nSPS) is 17.0. The number of nitrogens with two attached hydrogens (primary N) is 1. The quantitative estimate of drug-likeness (QED) is 0.930. The van der Waals surface area contributed by atoms with Crippen molar-refractivity contribution < 1.29 is 9.21 Å². The van der Waals surface area contributed by atoms with E-state index in [2.05, 4.69) is 9.88 Å². The van der Waals surface area contributed by atoms with Gasteiger partial charge in [-0.05, 0) is 31.0 Å². The van der Waals surface area contributed by atoms with E-state index in [9.17, 15) is 4.79 Å². The summed E-state index contributed by atoms with van der Waals surface area (Å²) in [6.07, 6.45) is 0.670. The van der Waals surface area contributed by atoms with Crippen molar-refractivity contribution in [3.8, 4) is 0 Å². The molecule has 0 radical (unpaired) electrons. The van der Waals surface area contributed by atoms with Crippen LogP contribution < -0.4 is 10.6 Å². The third-order valence-corrected chi connectivity index (χ3v) is 4.15. The minimum absolute atomic E-state index is 0.0374. The van der Waals surface area contributed by atoms with Crippen LogP contribution in [0.4, 0.5) is 6.01 Å². The van der Waals surface area contributed by atoms with Crippen molar-refractivity contribution in [2.45, 2.75) is 26.3 Å². The molecule has 22 heavy (non-hydrogen) atoms. The van der Waals surface area contributed by atoms with Crippen LogP contribution in [-0.2, 0) is 4.79 Å². The highest BCUT2D eigenvalue weighted by molar-refractivity contribution is 5.82. The first kappa shape index (κ1) is 14.8. The first-order chi connectivity index (χ1) is 10.6. The van der Waals surface area contributed by atoms with Gasteiger partial charge >= 0.3 is 0 Å². The van der Waals surface area contributed by atoms with E-state index in [1.165, 1.54) is 0 Å². The molecule has 0 saturated carbocycles. The Kier molecular flexibility index (Phi) is 4.02. The van der Waals surface area contributed by atoms with Crippen molar-refractivity contribution in [1.29, 1.82) is 0 Å². The van der Waals surface area contributed by atoms with Crippen molar-refractivity contribution in [2.75, 3.05) is 31.1 Å². The van der Waals surface area contributed by atoms with Gasteiger partial charge in [-0.3, -0.25) is 4.79 Å². The van der Waals surface area contributed by atoms with Gasteiger partial charge in [-0.2, -0.15) is 4.98 Å². The number of hydrogen-bond donors (Lipinski definition) is 1. The van der Waals surface area contributed by atoms with Crippen molar-refractivity contribution in [3.63, 3.8) is 0 Å². The second-order valence-electron chi connectivity index (χ2n) is 5.79. The van der Waals surface area contributed by atoms with E-state index in [1.807, 2.05) is 36.9 Å². The molecule has 0 bridgehead atoms. The molecule has 1 fully saturated rings. The van der Waals surface area contributed by atoms with Gasteiger partial charge in [0.1, 0.15) is 5.52 Å². The number of fused-ring (bicyclic) bond motifs is 1. The van der Waals surface area contributed by atoms with Crippen LogP contribution in [0.25, 0.3) is 11.1 Å². The monoisotopic (exact) mass is 302 g/mol. The fraction of sp³-hybridized carbons (Fsp3) is 0.500. The van der Waals surface area contributed by atoms with Gasteiger partial charge in [0, 0.05) is 26.2 Å². The number of aromatic nitrogens is 1. The van der Waals surface area contributed by atoms with E-state index >= 15 is 0 Å². The van der Waals surface area contributed by atoms with Gasteiger partial charge in [0.15, 0.2) is 5.58 Å². The Bertz CT molecular complexity index is 674. The average Bonchev–Trinajstić information content (AvgIpc) is 2.96. The van der Waals surface area contributed by atoms with Gasteiger partial charge < -0.3 is 20.0 Å². The van der Waals surface area contributed by atoms with Gasteiger partial charge in [0.2, 0.25) is 5.91 Å². The zero-order chi connectivity index (χ0) is 15.7. The Balaban J connectivity index is 1.68. The number of hydrogen-bond acceptors (Lipinski definition) is 5. The number of benzene rings is 1. The Morgan fingerprint density at radius 3 is 2.77 bits per heavy atom. The van der Waals surface area contributed by atoms with E-state index in [0.29, 0.717) is 38.6 Å². The molecule has 1 saturated heterocycles. The topological polar surface area (TPSA) is 75.6 Å². The smallest absolute Gasteiger partial charge is 0.298 e. The molecule has 1 aromatic heterocycles. The standard InChI is InChI=1S/C16H22N4O2/c1-3-12(17)15(21)19-6-8-20(9-7-19)16-18-13-10-11(2)4-5-14(13)22-16/h4-5,10,12H,3,6-9,17H2,1-2H3/t12-/m0/s1. The third-order valence-electron chi connectivity index (χ3n) is 4.15. The third kappa shape index (κ3) is 2.78. The van der Waals surface area contributed by atoms with E-state index in [0.717, 1.165) is 16.7 Å². The number of carbonyl (C=O) groups excluding carboxylic acids is 1. The Morgan fingerprint density at radius 1 is 1.36 bits per heavy atom. The zero-order valence-corrected chi connectivity index (χ0v) is 13.1. The van der Waals surface area contributed by atoms with Crippen LogP contribution in [0, 0.1) is 6.92 Å². The summed E-state index contributed by atoms with van der Waals surface area (Å²) < 4.78 is 5.81. The molecule has 2 N–H and O–H groups in total. The second-order valence-corrected chi connectivity index (χ2v) is 5.79. The van der Waals surface area contributed by atoms with E-state index in [1.54, 1.807) is 0 Å². The molecule has 2 heterocycles. The van der Waals surface area contributed by atoms with Gasteiger partial charge in [0.25, 0.3) is 6.01 Å². The van der Waals surface area contributed by atoms with Crippen LogP contribution in [0.1, 0.15) is 18.9 Å². The number of amides is 1. The maximum absolute atomic E-state index is 12.1. The van der Waals surface area contributed by atoms with Crippen molar-refractivity contribution in [1.82, 2.24) is 9.88 Å². The molecule has 6 heteroatoms. The number of carbonyl (C=O) groups is 1. The SMILES string of the molecule is CC[C@H](N)C(=O)N1CCN(c2nc3cc(C)ccc3o2)CC1. The first-order valence-electron chi connectivity index (χ1n) is 7.75. The lowest BCUT2D eigenvalue weighted by Crippen LogP contribution is -2.53. The van der Waals surface area contributed by atoms with E-state index in [4.69, 9.17) is 10.2 Å². The van der Waals surface area contributed by atoms with Gasteiger partial charge in [0.05, 0.1) is 6.04 Å². The molecule has 1 atom stereocenters. The molecule has 0 unspecified atom stereocenters. The summed E-state index contributed by atoms with van der Waals surface area (Å²) in [5, 5.41) is 0. The fourth-order valence-corrected chi connectivity index (χ4v) is 2.69. The molecule has 0 aliphatic carbocycles. The Labute approximate surface area is 129 Å². The molecule has 118 valence electrons. The van der Waals surface area contributed by atoms with Crippen LogP contribution in [0.5, 0.6) is 0 Å². The molecule has 1 aliphatic heterocycles. The lowest BCUT2D eigenvalue weighted by Gasteiger charge is -2.34. The summed E-state index contributed by atoms with van der Waals surface area (Å²) in [5.74, 6) is 0.0374. The summed E-state index contributed by atoms with van der Waals surface area (Å²) in [6, 6.07) is 6.22. The number of nitrogens with zero attached hydrogens (tertiary/aromatic N) is 3. The molecular weight excluding hydrogens is 280 g/mol. The first-order valence-corrected chi connectivity index (χ1v) is 7.75. The predicted octanol–water partition coefficient (Wildman–Crippen LogP) is 1.52. The predicted molar refractivity (Wildman–Crippen MR) is 85.8 cm³/mol. The Hall–Kier alpha value is -2.08. The minimum Gasteiger partial charge on any atom is -0.423 e. The second kappa shape index (κ2) is 5.96. The molecule has 1 aromatic carbocycles. The number of rotatable bonds is 3. The van der Waals surface area contributed by atoms with Crippen molar-refractivity contribution in [3.05, 3.63) is 23.8 Å². The maximum Gasteiger partial charge on any atom is 0.298 e. The maximum atomic E-state index is 12.1. The molecule has 1 aliphatic rings. The van der Waals surface area contributed by atoms with Crippen LogP contribution >= 0.6 is 0 Å². The Morgan fingerprint density at radius 2 is 2.09 bits per heavy atom. The van der Waals surface area contributed by atoms with Gasteiger partial charge in [-0.25, -0.2) is 0 Å². The van der Waals surface area contributed by atoms with Crippen LogP contribution in [0.15, 0.2) is 22.6 Å². The average molecular weight is 302 g/mol. The zero-order valence-electron chi connectivity index (χ0n) is 13.1. The molecule has 6 nitrogen and oxygen atoms in total. The van der Waals surface area contributed by atoms with Gasteiger partial charge in [-0.15, -0.1) is 0 Å². The largest absolute Gasteiger partial charge is 0.423 e. The highest BCUT2D eigenvalue weighted by atomic mass is 16.4. The molecule has 3 rings (SSSR count). The van der Waals surface area contributed by atoms with Crippen molar-refractivity contribution in [2.24, 2.45) is 5.73 Å². The minimum atomic E-state index is -0.390. The molecule has 2 aromatic rings. The number of aryl methyl sites for hydroxylation is 1. The number of piperazine rings is 1. The van der Waals surface area contributed by atoms with Crippen LogP contribution in [0.3, 0.4) is 0 Å². The number of oxazole rings is 1.